The molecule has 0 aliphatic heterocycles. The number of carboxylic acid groups (broad SMARTS) is 1. The van der Waals surface area contributed by atoms with Crippen LogP contribution in [0.5, 0.6) is 5.75 Å². The Kier molecular flexibility index (Phi) is 3.85. The fourth-order valence-electron chi connectivity index (χ4n) is 2.92. The van der Waals surface area contributed by atoms with Gasteiger partial charge < -0.3 is 9.84 Å². The van der Waals surface area contributed by atoms with Crippen LogP contribution >= 0.6 is 0 Å². The van der Waals surface area contributed by atoms with Crippen molar-refractivity contribution in [1.29, 1.82) is 0 Å². The van der Waals surface area contributed by atoms with Gasteiger partial charge in [0.15, 0.2) is 5.65 Å². The Morgan fingerprint density at radius 3 is 2.42 bits per heavy atom. The number of benzene rings is 2. The Labute approximate surface area is 149 Å². The van der Waals surface area contributed by atoms with Crippen LogP contribution in [0.2, 0.25) is 0 Å². The summed E-state index contributed by atoms with van der Waals surface area (Å²) in [5.74, 6) is -0.300. The number of pyridine rings is 1. The maximum Gasteiger partial charge on any atom is 0.336 e. The first kappa shape index (κ1) is 15.8. The van der Waals surface area contributed by atoms with E-state index in [4.69, 9.17) is 4.74 Å². The zero-order chi connectivity index (χ0) is 18.1. The molecular formula is C20H15N3O3. The van der Waals surface area contributed by atoms with E-state index in [0.717, 1.165) is 16.9 Å². The molecular weight excluding hydrogens is 330 g/mol. The van der Waals surface area contributed by atoms with Crippen LogP contribution in [0, 0.1) is 0 Å². The molecule has 4 rings (SSSR count). The fraction of sp³-hybridized carbons (Fsp3) is 0.0500. The molecule has 0 fully saturated rings. The first-order valence-corrected chi connectivity index (χ1v) is 7.99. The number of aromatic amines is 1. The maximum absolute atomic E-state index is 11.9. The first-order valence-electron chi connectivity index (χ1n) is 7.99. The van der Waals surface area contributed by atoms with Gasteiger partial charge in [-0.2, -0.15) is 5.10 Å². The van der Waals surface area contributed by atoms with Crippen LogP contribution in [-0.2, 0) is 0 Å². The Bertz CT molecular complexity index is 1090. The topological polar surface area (TPSA) is 88.1 Å². The summed E-state index contributed by atoms with van der Waals surface area (Å²) in [6.45, 7) is 0. The second-order valence-corrected chi connectivity index (χ2v) is 5.75. The molecule has 4 aromatic rings. The summed E-state index contributed by atoms with van der Waals surface area (Å²) in [4.78, 5) is 16.4. The third-order valence-electron chi connectivity index (χ3n) is 4.20. The van der Waals surface area contributed by atoms with Crippen LogP contribution in [0.15, 0.2) is 60.7 Å². The smallest absolute Gasteiger partial charge is 0.336 e. The minimum atomic E-state index is -1.02. The van der Waals surface area contributed by atoms with Gasteiger partial charge in [0.2, 0.25) is 0 Å². The molecule has 0 saturated carbocycles. The van der Waals surface area contributed by atoms with Gasteiger partial charge in [-0.05, 0) is 30.3 Å². The summed E-state index contributed by atoms with van der Waals surface area (Å²) in [5.41, 5.74) is 3.37. The molecule has 6 nitrogen and oxygen atoms in total. The van der Waals surface area contributed by atoms with Crippen molar-refractivity contribution in [2.75, 3.05) is 7.11 Å². The molecule has 6 heteroatoms. The van der Waals surface area contributed by atoms with Crippen LogP contribution in [0.25, 0.3) is 33.5 Å². The van der Waals surface area contributed by atoms with E-state index in [1.54, 1.807) is 13.2 Å². The van der Waals surface area contributed by atoms with Crippen LogP contribution in [0.4, 0.5) is 0 Å². The van der Waals surface area contributed by atoms with E-state index in [0.29, 0.717) is 22.4 Å². The minimum Gasteiger partial charge on any atom is -0.497 e. The van der Waals surface area contributed by atoms with Crippen LogP contribution in [0.3, 0.4) is 0 Å². The third kappa shape index (κ3) is 2.67. The van der Waals surface area contributed by atoms with Gasteiger partial charge in [-0.1, -0.05) is 30.3 Å². The van der Waals surface area contributed by atoms with Crippen molar-refractivity contribution < 1.29 is 14.6 Å². The molecule has 0 spiro atoms. The summed E-state index contributed by atoms with van der Waals surface area (Å²) in [6, 6.07) is 18.4. The predicted molar refractivity (Wildman–Crippen MR) is 98.3 cm³/mol. The van der Waals surface area contributed by atoms with Gasteiger partial charge >= 0.3 is 5.97 Å². The highest BCUT2D eigenvalue weighted by Crippen LogP contribution is 2.32. The molecule has 26 heavy (non-hydrogen) atoms. The highest BCUT2D eigenvalue weighted by Gasteiger charge is 2.19. The van der Waals surface area contributed by atoms with E-state index in [2.05, 4.69) is 15.2 Å². The number of methoxy groups -OCH3 is 1. The molecule has 2 aromatic carbocycles. The molecule has 0 unspecified atom stereocenters. The molecule has 0 aliphatic carbocycles. The zero-order valence-corrected chi connectivity index (χ0v) is 13.9. The number of fused-ring (bicyclic) bond motifs is 1. The summed E-state index contributed by atoms with van der Waals surface area (Å²) in [5, 5.41) is 17.4. The molecule has 0 radical (unpaired) electrons. The zero-order valence-electron chi connectivity index (χ0n) is 13.9. The van der Waals surface area contributed by atoms with Crippen molar-refractivity contribution in [1.82, 2.24) is 15.2 Å². The number of carbonyl (C=O) groups is 1. The number of hydrogen-bond donors (Lipinski definition) is 2. The molecule has 0 bridgehead atoms. The number of aromatic carboxylic acids is 1. The molecule has 2 aromatic heterocycles. The Hall–Kier alpha value is -3.67. The van der Waals surface area contributed by atoms with Crippen molar-refractivity contribution in [2.24, 2.45) is 0 Å². The standard InChI is InChI=1S/C20H15N3O3/c1-26-14-9-7-13(8-10-14)18-17-15(20(24)25)11-16(21-19(17)23-22-18)12-5-3-2-4-6-12/h2-11H,1H3,(H,24,25)(H,21,22,23). The highest BCUT2D eigenvalue weighted by atomic mass is 16.5. The van der Waals surface area contributed by atoms with E-state index in [9.17, 15) is 9.90 Å². The number of aromatic nitrogens is 3. The van der Waals surface area contributed by atoms with E-state index in [1.165, 1.54) is 0 Å². The Morgan fingerprint density at radius 1 is 1.04 bits per heavy atom. The number of rotatable bonds is 4. The number of carboxylic acids is 1. The van der Waals surface area contributed by atoms with Gasteiger partial charge in [-0.3, -0.25) is 5.10 Å². The van der Waals surface area contributed by atoms with Gasteiger partial charge in [-0.25, -0.2) is 9.78 Å². The Morgan fingerprint density at radius 2 is 1.77 bits per heavy atom. The summed E-state index contributed by atoms with van der Waals surface area (Å²) in [7, 11) is 1.60. The quantitative estimate of drug-likeness (QED) is 0.584. The third-order valence-corrected chi connectivity index (χ3v) is 4.20. The molecule has 0 saturated heterocycles. The number of hydrogen-bond acceptors (Lipinski definition) is 4. The molecule has 0 amide bonds. The average molecular weight is 345 g/mol. The van der Waals surface area contributed by atoms with Gasteiger partial charge in [-0.15, -0.1) is 0 Å². The largest absolute Gasteiger partial charge is 0.497 e. The summed E-state index contributed by atoms with van der Waals surface area (Å²) < 4.78 is 5.17. The second kappa shape index (κ2) is 6.33. The monoisotopic (exact) mass is 345 g/mol. The van der Waals surface area contributed by atoms with E-state index < -0.39 is 5.97 Å². The van der Waals surface area contributed by atoms with Crippen molar-refractivity contribution in [3.63, 3.8) is 0 Å². The van der Waals surface area contributed by atoms with Gasteiger partial charge in [0.25, 0.3) is 0 Å². The maximum atomic E-state index is 11.9. The van der Waals surface area contributed by atoms with E-state index in [-0.39, 0.29) is 5.56 Å². The lowest BCUT2D eigenvalue weighted by Gasteiger charge is -2.06. The van der Waals surface area contributed by atoms with Crippen molar-refractivity contribution in [3.05, 3.63) is 66.2 Å². The number of nitrogens with one attached hydrogen (secondary N) is 1. The van der Waals surface area contributed by atoms with Crippen molar-refractivity contribution >= 4 is 17.0 Å². The average Bonchev–Trinajstić information content (AvgIpc) is 3.12. The SMILES string of the molecule is COc1ccc(-c2[nH]nc3nc(-c4ccccc4)cc(C(=O)O)c23)cc1. The number of H-pyrrole nitrogens is 1. The molecule has 0 aliphatic rings. The minimum absolute atomic E-state index is 0.161. The highest BCUT2D eigenvalue weighted by molar-refractivity contribution is 6.08. The van der Waals surface area contributed by atoms with Crippen molar-refractivity contribution in [2.45, 2.75) is 0 Å². The molecule has 128 valence electrons. The fourth-order valence-corrected chi connectivity index (χ4v) is 2.92. The lowest BCUT2D eigenvalue weighted by atomic mass is 10.0. The summed E-state index contributed by atoms with van der Waals surface area (Å²) >= 11 is 0. The normalized spacial score (nSPS) is 10.8. The van der Waals surface area contributed by atoms with Crippen LogP contribution in [-0.4, -0.2) is 33.4 Å². The van der Waals surface area contributed by atoms with E-state index >= 15 is 0 Å². The van der Waals surface area contributed by atoms with Crippen LogP contribution in [0.1, 0.15) is 10.4 Å². The van der Waals surface area contributed by atoms with Gasteiger partial charge in [0.05, 0.1) is 29.4 Å². The molecule has 2 N–H and O–H groups in total. The molecule has 0 atom stereocenters. The second-order valence-electron chi connectivity index (χ2n) is 5.75. The Balaban J connectivity index is 1.93. The lowest BCUT2D eigenvalue weighted by Crippen LogP contribution is -2.00. The lowest BCUT2D eigenvalue weighted by molar-refractivity contribution is 0.0699. The van der Waals surface area contributed by atoms with Gasteiger partial charge in [0.1, 0.15) is 5.75 Å². The predicted octanol–water partition coefficient (Wildman–Crippen LogP) is 4.00. The van der Waals surface area contributed by atoms with Gasteiger partial charge in [0, 0.05) is 11.1 Å². The van der Waals surface area contributed by atoms with Crippen molar-refractivity contribution in [3.8, 4) is 28.3 Å². The first-order chi connectivity index (χ1) is 12.7. The molecule has 2 heterocycles. The summed E-state index contributed by atoms with van der Waals surface area (Å²) in [6.07, 6.45) is 0. The number of ether oxygens (including phenoxy) is 1. The van der Waals surface area contributed by atoms with Crippen LogP contribution < -0.4 is 4.74 Å². The van der Waals surface area contributed by atoms with E-state index in [1.807, 2.05) is 54.6 Å². The number of nitrogens with zero attached hydrogens (tertiary/aromatic N) is 2.